The van der Waals surface area contributed by atoms with Crippen molar-refractivity contribution in [3.63, 3.8) is 0 Å². The fourth-order valence-corrected chi connectivity index (χ4v) is 6.68. The van der Waals surface area contributed by atoms with Crippen molar-refractivity contribution in [3.8, 4) is 0 Å². The third-order valence-corrected chi connectivity index (χ3v) is 9.06. The second kappa shape index (κ2) is 10.2. The number of fused-ring (bicyclic) bond motifs is 2. The molecule has 3 heterocycles. The summed E-state index contributed by atoms with van der Waals surface area (Å²) in [5, 5.41) is 3.05. The lowest BCUT2D eigenvalue weighted by atomic mass is 9.74. The number of aromatic nitrogens is 3. The van der Waals surface area contributed by atoms with Gasteiger partial charge in [0.1, 0.15) is 6.10 Å². The van der Waals surface area contributed by atoms with Crippen LogP contribution in [0.15, 0.2) is 49.1 Å². The van der Waals surface area contributed by atoms with Crippen molar-refractivity contribution in [2.75, 3.05) is 13.1 Å². The van der Waals surface area contributed by atoms with E-state index in [4.69, 9.17) is 22.3 Å². The smallest absolute Gasteiger partial charge is 0.410 e. The highest BCUT2D eigenvalue weighted by atomic mass is 32.1. The van der Waals surface area contributed by atoms with Gasteiger partial charge in [-0.3, -0.25) is 9.78 Å². The Bertz CT molecular complexity index is 1440. The standard InChI is InChI=1S/C30H33N5O3S/c1-19-5-8-25-23(14-19)24(27(33-18-36)26-16-31-17-34(26)2)15-20-4-3-11-32-28(20)30(25,39)21-9-12-35(13-10-21)29(37)38-22-6-7-22/h3-5,8,11,14-18,21-22,27,39H,6-7,9-10,12-13H2,1-2H3,(H,33,36). The van der Waals surface area contributed by atoms with Gasteiger partial charge in [0.15, 0.2) is 0 Å². The van der Waals surface area contributed by atoms with Crippen LogP contribution in [0.2, 0.25) is 0 Å². The number of hydrogen-bond acceptors (Lipinski definition) is 6. The SMILES string of the molecule is Cc1ccc2c(c1)C(C(NC=O)c1cncn1C)=Cc1cccnc1C2(S)C1CCN(C(=O)OC2CC2)CC1. The summed E-state index contributed by atoms with van der Waals surface area (Å²) in [6, 6.07) is 10.0. The van der Waals surface area contributed by atoms with Crippen molar-refractivity contribution < 1.29 is 14.3 Å². The van der Waals surface area contributed by atoms with Gasteiger partial charge in [-0.25, -0.2) is 9.78 Å². The summed E-state index contributed by atoms with van der Waals surface area (Å²) in [5.41, 5.74) is 6.88. The number of thiol groups is 1. The number of ether oxygens (including phenoxy) is 1. The maximum Gasteiger partial charge on any atom is 0.410 e. The van der Waals surface area contributed by atoms with Crippen LogP contribution in [0.4, 0.5) is 4.79 Å². The van der Waals surface area contributed by atoms with Crippen LogP contribution in [-0.2, 0) is 21.3 Å². The second-order valence-corrected chi connectivity index (χ2v) is 11.6. The Labute approximate surface area is 233 Å². The molecule has 1 saturated carbocycles. The van der Waals surface area contributed by atoms with Gasteiger partial charge in [0.25, 0.3) is 0 Å². The number of pyridine rings is 1. The molecule has 1 aromatic carbocycles. The summed E-state index contributed by atoms with van der Waals surface area (Å²) in [6.07, 6.45) is 11.6. The Morgan fingerprint density at radius 2 is 2.03 bits per heavy atom. The highest BCUT2D eigenvalue weighted by molar-refractivity contribution is 7.81. The van der Waals surface area contributed by atoms with Crippen molar-refractivity contribution in [2.24, 2.45) is 13.0 Å². The van der Waals surface area contributed by atoms with Gasteiger partial charge < -0.3 is 19.5 Å². The third-order valence-electron chi connectivity index (χ3n) is 8.24. The first kappa shape index (κ1) is 25.7. The van der Waals surface area contributed by atoms with Crippen molar-refractivity contribution >= 4 is 36.8 Å². The van der Waals surface area contributed by atoms with E-state index in [1.165, 1.54) is 0 Å². The van der Waals surface area contributed by atoms with Crippen molar-refractivity contribution in [3.05, 3.63) is 82.7 Å². The molecule has 8 nitrogen and oxygen atoms in total. The van der Waals surface area contributed by atoms with Gasteiger partial charge >= 0.3 is 6.09 Å². The van der Waals surface area contributed by atoms with Gasteiger partial charge in [0.2, 0.25) is 6.41 Å². The van der Waals surface area contributed by atoms with Crippen LogP contribution in [0.3, 0.4) is 0 Å². The fraction of sp³-hybridized carbons (Fsp3) is 0.400. The van der Waals surface area contributed by atoms with E-state index in [2.05, 4.69) is 47.6 Å². The average Bonchev–Trinajstić information content (AvgIpc) is 3.68. The van der Waals surface area contributed by atoms with Crippen LogP contribution in [0, 0.1) is 12.8 Å². The van der Waals surface area contributed by atoms with Crippen LogP contribution in [-0.4, -0.2) is 51.1 Å². The van der Waals surface area contributed by atoms with E-state index in [9.17, 15) is 9.59 Å². The molecule has 1 saturated heterocycles. The number of rotatable bonds is 6. The average molecular weight is 544 g/mol. The lowest BCUT2D eigenvalue weighted by Gasteiger charge is -2.42. The van der Waals surface area contributed by atoms with E-state index in [0.717, 1.165) is 71.3 Å². The predicted molar refractivity (Wildman–Crippen MR) is 152 cm³/mol. The molecule has 6 rings (SSSR count). The van der Waals surface area contributed by atoms with Gasteiger partial charge in [-0.15, -0.1) is 0 Å². The molecule has 39 heavy (non-hydrogen) atoms. The molecule has 0 spiro atoms. The molecule has 2 atom stereocenters. The lowest BCUT2D eigenvalue weighted by Crippen LogP contribution is -2.44. The number of carbonyl (C=O) groups excluding carboxylic acids is 2. The zero-order valence-electron chi connectivity index (χ0n) is 22.2. The molecule has 202 valence electrons. The maximum absolute atomic E-state index is 12.6. The molecule has 9 heteroatoms. The minimum absolute atomic E-state index is 0.0938. The maximum atomic E-state index is 12.6. The Morgan fingerprint density at radius 3 is 2.72 bits per heavy atom. The van der Waals surface area contributed by atoms with Crippen LogP contribution in [0.5, 0.6) is 0 Å². The summed E-state index contributed by atoms with van der Waals surface area (Å²) in [7, 11) is 1.93. The normalized spacial score (nSPS) is 21.7. The summed E-state index contributed by atoms with van der Waals surface area (Å²) < 4.78 is 6.79. The number of amides is 2. The molecule has 3 aromatic rings. The van der Waals surface area contributed by atoms with Crippen molar-refractivity contribution in [2.45, 2.75) is 49.5 Å². The molecule has 1 aliphatic heterocycles. The minimum Gasteiger partial charge on any atom is -0.446 e. The number of benzene rings is 1. The second-order valence-electron chi connectivity index (χ2n) is 10.8. The van der Waals surface area contributed by atoms with Crippen LogP contribution >= 0.6 is 12.6 Å². The molecule has 2 unspecified atom stereocenters. The zero-order chi connectivity index (χ0) is 27.1. The first-order valence-electron chi connectivity index (χ1n) is 13.5. The van der Waals surface area contributed by atoms with Crippen LogP contribution in [0.25, 0.3) is 11.6 Å². The van der Waals surface area contributed by atoms with Crippen LogP contribution < -0.4 is 5.32 Å². The fourth-order valence-electron chi connectivity index (χ4n) is 6.04. The van der Waals surface area contributed by atoms with Gasteiger partial charge in [-0.2, -0.15) is 12.6 Å². The molecule has 1 N–H and O–H groups in total. The van der Waals surface area contributed by atoms with E-state index in [1.807, 2.05) is 28.8 Å². The molecule has 2 aliphatic carbocycles. The van der Waals surface area contributed by atoms with Crippen molar-refractivity contribution in [1.29, 1.82) is 0 Å². The number of likely N-dealkylation sites (tertiary alicyclic amines) is 1. The molecular weight excluding hydrogens is 510 g/mol. The number of piperidine rings is 1. The first-order valence-corrected chi connectivity index (χ1v) is 14.0. The summed E-state index contributed by atoms with van der Waals surface area (Å²) in [6.45, 7) is 3.31. The minimum atomic E-state index is -0.706. The molecule has 0 radical (unpaired) electrons. The van der Waals surface area contributed by atoms with Gasteiger partial charge in [-0.05, 0) is 72.9 Å². The quantitative estimate of drug-likeness (QED) is 0.349. The topological polar surface area (TPSA) is 89.4 Å². The molecule has 2 amide bonds. The highest BCUT2D eigenvalue weighted by Gasteiger charge is 2.46. The molecule has 2 aromatic heterocycles. The van der Waals surface area contributed by atoms with E-state index < -0.39 is 10.8 Å². The predicted octanol–water partition coefficient (Wildman–Crippen LogP) is 4.65. The van der Waals surface area contributed by atoms with Gasteiger partial charge in [-0.1, -0.05) is 29.8 Å². The number of hydrogen-bond donors (Lipinski definition) is 2. The summed E-state index contributed by atoms with van der Waals surface area (Å²) in [5.74, 6) is 0.128. The lowest BCUT2D eigenvalue weighted by molar-refractivity contribution is -0.109. The number of nitrogens with zero attached hydrogens (tertiary/aromatic N) is 4. The molecular formula is C30H33N5O3S. The van der Waals surface area contributed by atoms with E-state index in [-0.39, 0.29) is 18.1 Å². The molecule has 0 bridgehead atoms. The molecule has 3 aliphatic rings. The molecule has 2 fully saturated rings. The number of nitrogens with one attached hydrogen (secondary N) is 1. The number of imidazole rings is 1. The Kier molecular flexibility index (Phi) is 6.71. The zero-order valence-corrected chi connectivity index (χ0v) is 23.1. The highest BCUT2D eigenvalue weighted by Crippen LogP contribution is 2.53. The third kappa shape index (κ3) is 4.62. The van der Waals surface area contributed by atoms with Crippen molar-refractivity contribution in [1.82, 2.24) is 24.8 Å². The van der Waals surface area contributed by atoms with E-state index >= 15 is 0 Å². The Balaban J connectivity index is 1.45. The van der Waals surface area contributed by atoms with Crippen LogP contribution in [0.1, 0.15) is 65.4 Å². The number of aryl methyl sites for hydroxylation is 2. The number of carbonyl (C=O) groups is 2. The largest absolute Gasteiger partial charge is 0.446 e. The van der Waals surface area contributed by atoms with Gasteiger partial charge in [0, 0.05) is 26.3 Å². The van der Waals surface area contributed by atoms with E-state index in [0.29, 0.717) is 13.1 Å². The van der Waals surface area contributed by atoms with E-state index in [1.54, 1.807) is 12.5 Å². The monoisotopic (exact) mass is 543 g/mol. The van der Waals surface area contributed by atoms with Gasteiger partial charge in [0.05, 0.1) is 34.7 Å². The Morgan fingerprint density at radius 1 is 1.23 bits per heavy atom. The first-order chi connectivity index (χ1) is 18.9. The summed E-state index contributed by atoms with van der Waals surface area (Å²) in [4.78, 5) is 35.6. The summed E-state index contributed by atoms with van der Waals surface area (Å²) >= 11 is 5.52. The Hall–Kier alpha value is -3.59.